The van der Waals surface area contributed by atoms with Gasteiger partial charge in [0, 0.05) is 13.0 Å². The van der Waals surface area contributed by atoms with Gasteiger partial charge in [-0.05, 0) is 19.9 Å². The Morgan fingerprint density at radius 2 is 1.52 bits per heavy atom. The average Bonchev–Trinajstić information content (AvgIpc) is 2.51. The molecule has 136 valence electrons. The van der Waals surface area contributed by atoms with E-state index >= 15 is 0 Å². The van der Waals surface area contributed by atoms with Crippen molar-refractivity contribution in [2.75, 3.05) is 52.8 Å². The summed E-state index contributed by atoms with van der Waals surface area (Å²) >= 11 is 4.01. The van der Waals surface area contributed by atoms with Crippen LogP contribution in [0.1, 0.15) is 27.2 Å². The molecule has 23 heavy (non-hydrogen) atoms. The van der Waals surface area contributed by atoms with Crippen LogP contribution in [0.4, 0.5) is 0 Å². The molecule has 0 aliphatic rings. The molecule has 0 aliphatic heterocycles. The van der Waals surface area contributed by atoms with E-state index in [2.05, 4.69) is 17.6 Å². The Hall–Kier alpha value is -0.600. The number of nitrogens with zero attached hydrogens (tertiary/aromatic N) is 1. The van der Waals surface area contributed by atoms with Crippen LogP contribution >= 0.6 is 12.6 Å². The van der Waals surface area contributed by atoms with E-state index in [1.807, 2.05) is 26.8 Å². The monoisotopic (exact) mass is 348 g/mol. The fraction of sp³-hybridized carbons (Fsp3) is 0.812. The van der Waals surface area contributed by atoms with E-state index in [4.69, 9.17) is 24.7 Å². The maximum absolute atomic E-state index is 5.71. The molecule has 0 rings (SSSR count). The van der Waals surface area contributed by atoms with Gasteiger partial charge in [-0.25, -0.2) is 0 Å². The molecule has 0 saturated heterocycles. The highest BCUT2D eigenvalue weighted by Gasteiger charge is 2.13. The van der Waals surface area contributed by atoms with E-state index in [0.717, 1.165) is 12.2 Å². The van der Waals surface area contributed by atoms with Crippen LogP contribution in [0, 0.1) is 0 Å². The van der Waals surface area contributed by atoms with Gasteiger partial charge in [-0.15, -0.1) is 12.6 Å². The summed E-state index contributed by atoms with van der Waals surface area (Å²) in [5.74, 6) is 0.908. The lowest BCUT2D eigenvalue weighted by Crippen LogP contribution is -2.15. The fourth-order valence-corrected chi connectivity index (χ4v) is 1.98. The van der Waals surface area contributed by atoms with Crippen molar-refractivity contribution in [2.24, 2.45) is 10.7 Å². The van der Waals surface area contributed by atoms with Crippen molar-refractivity contribution in [1.29, 1.82) is 0 Å². The number of hydrogen-bond donors (Lipinski definition) is 2. The van der Waals surface area contributed by atoms with Crippen LogP contribution in [-0.2, 0) is 18.9 Å². The molecule has 6 nitrogen and oxygen atoms in total. The minimum atomic E-state index is -0.312. The predicted octanol–water partition coefficient (Wildman–Crippen LogP) is 2.04. The van der Waals surface area contributed by atoms with Crippen molar-refractivity contribution >= 4 is 18.2 Å². The SMILES string of the molecule is CC/C(=C\C(C)(C)/N=C\S)OCCOCCOCCOCCN. The molecule has 0 aromatic carbocycles. The normalized spacial score (nSPS) is 13.0. The van der Waals surface area contributed by atoms with Crippen molar-refractivity contribution in [3.8, 4) is 0 Å². The van der Waals surface area contributed by atoms with Gasteiger partial charge < -0.3 is 24.7 Å². The molecular weight excluding hydrogens is 316 g/mol. The van der Waals surface area contributed by atoms with Crippen molar-refractivity contribution < 1.29 is 18.9 Å². The molecule has 7 heteroatoms. The molecule has 0 fully saturated rings. The Balaban J connectivity index is 3.64. The van der Waals surface area contributed by atoms with Gasteiger partial charge in [0.15, 0.2) is 0 Å². The molecule has 0 spiro atoms. The van der Waals surface area contributed by atoms with Crippen LogP contribution < -0.4 is 5.73 Å². The Morgan fingerprint density at radius 3 is 2.00 bits per heavy atom. The Bertz CT molecular complexity index is 336. The molecule has 0 aromatic rings. The van der Waals surface area contributed by atoms with Gasteiger partial charge in [-0.2, -0.15) is 0 Å². The molecule has 0 radical (unpaired) electrons. The summed E-state index contributed by atoms with van der Waals surface area (Å²) in [7, 11) is 0. The van der Waals surface area contributed by atoms with E-state index in [1.54, 1.807) is 0 Å². The predicted molar refractivity (Wildman–Crippen MR) is 97.4 cm³/mol. The average molecular weight is 349 g/mol. The number of nitrogens with two attached hydrogens (primary N) is 1. The lowest BCUT2D eigenvalue weighted by Gasteiger charge is -2.17. The zero-order valence-corrected chi connectivity index (χ0v) is 15.5. The van der Waals surface area contributed by atoms with Crippen LogP contribution in [0.3, 0.4) is 0 Å². The van der Waals surface area contributed by atoms with Crippen molar-refractivity contribution in [1.82, 2.24) is 0 Å². The molecule has 0 aromatic heterocycles. The summed E-state index contributed by atoms with van der Waals surface area (Å²) in [5, 5.41) is 0. The van der Waals surface area contributed by atoms with Crippen molar-refractivity contribution in [3.05, 3.63) is 11.8 Å². The van der Waals surface area contributed by atoms with Crippen LogP contribution in [-0.4, -0.2) is 63.9 Å². The zero-order chi connectivity index (χ0) is 17.4. The molecule has 0 bridgehead atoms. The van der Waals surface area contributed by atoms with Gasteiger partial charge in [0.05, 0.1) is 56.5 Å². The molecule has 0 amide bonds. The number of rotatable bonds is 15. The maximum atomic E-state index is 5.71. The third kappa shape index (κ3) is 14.7. The first-order valence-corrected chi connectivity index (χ1v) is 8.53. The molecule has 0 saturated carbocycles. The lowest BCUT2D eigenvalue weighted by molar-refractivity contribution is 0.00541. The summed E-state index contributed by atoms with van der Waals surface area (Å²) < 4.78 is 21.7. The minimum Gasteiger partial charge on any atom is -0.496 e. The zero-order valence-electron chi connectivity index (χ0n) is 14.6. The smallest absolute Gasteiger partial charge is 0.111 e. The van der Waals surface area contributed by atoms with Gasteiger partial charge in [-0.3, -0.25) is 4.99 Å². The van der Waals surface area contributed by atoms with Crippen LogP contribution in [0.5, 0.6) is 0 Å². The first-order chi connectivity index (χ1) is 11.1. The van der Waals surface area contributed by atoms with Crippen molar-refractivity contribution in [3.63, 3.8) is 0 Å². The first-order valence-electron chi connectivity index (χ1n) is 8.01. The Kier molecular flexibility index (Phi) is 14.6. The maximum Gasteiger partial charge on any atom is 0.111 e. The minimum absolute atomic E-state index is 0.312. The molecule has 0 atom stereocenters. The summed E-state index contributed by atoms with van der Waals surface area (Å²) in [6.45, 7) is 10.4. The van der Waals surface area contributed by atoms with Crippen molar-refractivity contribution in [2.45, 2.75) is 32.7 Å². The second-order valence-corrected chi connectivity index (χ2v) is 5.57. The van der Waals surface area contributed by atoms with Crippen LogP contribution in [0.2, 0.25) is 0 Å². The fourth-order valence-electron chi connectivity index (χ4n) is 1.68. The topological polar surface area (TPSA) is 75.3 Å². The Labute approximate surface area is 145 Å². The molecule has 0 aliphatic carbocycles. The van der Waals surface area contributed by atoms with Crippen LogP contribution in [0.15, 0.2) is 16.8 Å². The second kappa shape index (κ2) is 15.0. The van der Waals surface area contributed by atoms with E-state index in [0.29, 0.717) is 52.8 Å². The highest BCUT2D eigenvalue weighted by atomic mass is 32.1. The molecule has 0 unspecified atom stereocenters. The number of allylic oxidation sites excluding steroid dienone is 1. The largest absolute Gasteiger partial charge is 0.496 e. The number of ether oxygens (including phenoxy) is 4. The summed E-state index contributed by atoms with van der Waals surface area (Å²) in [5.41, 5.74) is 6.50. The third-order valence-electron chi connectivity index (χ3n) is 2.77. The van der Waals surface area contributed by atoms with E-state index in [9.17, 15) is 0 Å². The standard InChI is InChI=1S/C16H32N2O4S/c1-4-15(13-16(2,3)18-14-23)22-12-11-21-10-9-20-8-7-19-6-5-17/h13-14H,4-12,17H2,1-3H3,(H,18,23)/b15-13+. The lowest BCUT2D eigenvalue weighted by atomic mass is 10.1. The quantitative estimate of drug-likeness (QED) is 0.156. The van der Waals surface area contributed by atoms with Gasteiger partial charge in [0.1, 0.15) is 6.61 Å². The number of hydrogen-bond acceptors (Lipinski definition) is 6. The van der Waals surface area contributed by atoms with Gasteiger partial charge in [-0.1, -0.05) is 6.92 Å². The molecule has 2 N–H and O–H groups in total. The van der Waals surface area contributed by atoms with E-state index < -0.39 is 0 Å². The number of thiol groups is 1. The van der Waals surface area contributed by atoms with Gasteiger partial charge in [0.25, 0.3) is 0 Å². The highest BCUT2D eigenvalue weighted by Crippen LogP contribution is 2.16. The third-order valence-corrected chi connectivity index (χ3v) is 2.89. The Morgan fingerprint density at radius 1 is 1.00 bits per heavy atom. The summed E-state index contributed by atoms with van der Waals surface area (Å²) in [4.78, 5) is 4.27. The number of aliphatic imine (C=N–C) groups is 1. The second-order valence-electron chi connectivity index (χ2n) is 5.34. The highest BCUT2D eigenvalue weighted by molar-refractivity contribution is 7.94. The summed E-state index contributed by atoms with van der Waals surface area (Å²) in [6.07, 6.45) is 2.82. The van der Waals surface area contributed by atoms with Gasteiger partial charge >= 0.3 is 0 Å². The molecular formula is C16H32N2O4S. The molecule has 0 heterocycles. The first kappa shape index (κ1) is 22.4. The summed E-state index contributed by atoms with van der Waals surface area (Å²) in [6, 6.07) is 0. The van der Waals surface area contributed by atoms with Gasteiger partial charge in [0.2, 0.25) is 0 Å². The van der Waals surface area contributed by atoms with Crippen LogP contribution in [0.25, 0.3) is 0 Å². The van der Waals surface area contributed by atoms with E-state index in [-0.39, 0.29) is 5.54 Å². The van der Waals surface area contributed by atoms with E-state index in [1.165, 1.54) is 5.55 Å².